The van der Waals surface area contributed by atoms with Crippen LogP contribution in [0.1, 0.15) is 156 Å². The van der Waals surface area contributed by atoms with Crippen molar-refractivity contribution in [1.29, 1.82) is 0 Å². The predicted octanol–water partition coefficient (Wildman–Crippen LogP) is 9.55. The average molecular weight is 1110 g/mol. The summed E-state index contributed by atoms with van der Waals surface area (Å²) in [5.41, 5.74) is 1.40. The Hall–Kier alpha value is -4.50. The Morgan fingerprint density at radius 2 is 1.23 bits per heavy atom. The summed E-state index contributed by atoms with van der Waals surface area (Å²) in [6.45, 7) is 14.1. The smallest absolute Gasteiger partial charge is 0.408 e. The van der Waals surface area contributed by atoms with E-state index < -0.39 is 84.7 Å². The summed E-state index contributed by atoms with van der Waals surface area (Å²) in [5.74, 6) is -7.69. The first-order valence-corrected chi connectivity index (χ1v) is 28.9. The van der Waals surface area contributed by atoms with E-state index in [1.807, 2.05) is 40.7 Å². The highest BCUT2D eigenvalue weighted by Crippen LogP contribution is 2.46. The fourth-order valence-electron chi connectivity index (χ4n) is 8.53. The molecule has 0 spiro atoms. The Morgan fingerprint density at radius 3 is 1.87 bits per heavy atom. The van der Waals surface area contributed by atoms with Crippen LogP contribution in [0.5, 0.6) is 5.75 Å². The lowest BCUT2D eigenvalue weighted by molar-refractivity contribution is -0.432. The zero-order chi connectivity index (χ0) is 57.0. The molecular weight excluding hydrogens is 1010 g/mol. The third-order valence-electron chi connectivity index (χ3n) is 13.3. The second-order valence-corrected chi connectivity index (χ2v) is 20.0. The molecule has 2 aromatic rings. The molecule has 3 rings (SSSR count). The van der Waals surface area contributed by atoms with E-state index >= 15 is 8.78 Å². The molecule has 0 aliphatic carbocycles. The number of hydrogen-bond donors (Lipinski definition) is 4. The van der Waals surface area contributed by atoms with E-state index in [2.05, 4.69) is 28.2 Å². The summed E-state index contributed by atoms with van der Waals surface area (Å²) in [4.78, 5) is 54.4. The van der Waals surface area contributed by atoms with Crippen molar-refractivity contribution in [3.05, 3.63) is 65.7 Å². The van der Waals surface area contributed by atoms with Gasteiger partial charge in [0.1, 0.15) is 54.9 Å². The Labute approximate surface area is 464 Å². The lowest BCUT2D eigenvalue weighted by Gasteiger charge is -2.54. The summed E-state index contributed by atoms with van der Waals surface area (Å²) >= 11 is 0. The summed E-state index contributed by atoms with van der Waals surface area (Å²) in [6, 6.07) is 12.5. The van der Waals surface area contributed by atoms with Gasteiger partial charge >= 0.3 is 18.0 Å². The number of carbonyl (C=O) groups is 4. The molecule has 0 bridgehead atoms. The SMILES string of the molecule is CCCCOC[C@H]1O[C@@](OCCCC)(C(F)(F)CNCCCC[C@H](NC(=O)OCc2ccccc2)C(=O)N[C@@H](Cc2ccc(OC)cc2)C(=O)N[C@@H](C)C(=O)OCCCC)[C@H](OCCCC)[C@@H](OCCCC)[C@H]1OCCCC. The van der Waals surface area contributed by atoms with Gasteiger partial charge in [0.05, 0.1) is 33.5 Å². The van der Waals surface area contributed by atoms with Crippen molar-refractivity contribution in [1.82, 2.24) is 21.3 Å². The van der Waals surface area contributed by atoms with Gasteiger partial charge in [-0.1, -0.05) is 123 Å². The lowest BCUT2D eigenvalue weighted by Crippen LogP contribution is -2.75. The Kier molecular flexibility index (Phi) is 33.9. The summed E-state index contributed by atoms with van der Waals surface area (Å²) < 4.78 is 90.2. The number of benzene rings is 2. The molecule has 0 aromatic heterocycles. The molecular formula is C59H96F2N4O13. The predicted molar refractivity (Wildman–Crippen MR) is 295 cm³/mol. The molecule has 1 aliphatic rings. The minimum absolute atomic E-state index is 0.0170. The molecule has 444 valence electrons. The van der Waals surface area contributed by atoms with Crippen LogP contribution in [0.2, 0.25) is 0 Å². The summed E-state index contributed by atoms with van der Waals surface area (Å²) in [6.07, 6.45) is 4.49. The minimum Gasteiger partial charge on any atom is -0.497 e. The van der Waals surface area contributed by atoms with Crippen LogP contribution in [-0.4, -0.2) is 145 Å². The van der Waals surface area contributed by atoms with Crippen LogP contribution in [0.25, 0.3) is 0 Å². The third-order valence-corrected chi connectivity index (χ3v) is 13.3. The number of nitrogens with one attached hydrogen (secondary N) is 4. The molecule has 17 nitrogen and oxygen atoms in total. The molecule has 1 saturated heterocycles. The largest absolute Gasteiger partial charge is 0.497 e. The van der Waals surface area contributed by atoms with Crippen LogP contribution < -0.4 is 26.0 Å². The highest BCUT2D eigenvalue weighted by Gasteiger charge is 2.69. The number of esters is 1. The number of amides is 3. The van der Waals surface area contributed by atoms with E-state index in [0.717, 1.165) is 50.5 Å². The van der Waals surface area contributed by atoms with Gasteiger partial charge in [-0.25, -0.2) is 9.59 Å². The van der Waals surface area contributed by atoms with Gasteiger partial charge in [-0.3, -0.25) is 9.59 Å². The van der Waals surface area contributed by atoms with E-state index in [1.54, 1.807) is 48.5 Å². The van der Waals surface area contributed by atoms with Gasteiger partial charge in [0.15, 0.2) is 0 Å². The zero-order valence-electron chi connectivity index (χ0n) is 48.2. The molecule has 19 heteroatoms. The summed E-state index contributed by atoms with van der Waals surface area (Å²) in [7, 11) is 1.53. The van der Waals surface area contributed by atoms with Gasteiger partial charge in [-0.2, -0.15) is 8.78 Å². The monoisotopic (exact) mass is 1110 g/mol. The van der Waals surface area contributed by atoms with Gasteiger partial charge in [0.25, 0.3) is 5.79 Å². The zero-order valence-corrected chi connectivity index (χ0v) is 48.2. The normalized spacial score (nSPS) is 19.6. The fourth-order valence-corrected chi connectivity index (χ4v) is 8.53. The first-order chi connectivity index (χ1) is 37.7. The number of unbranched alkanes of at least 4 members (excludes halogenated alkanes) is 7. The van der Waals surface area contributed by atoms with Crippen molar-refractivity contribution in [3.63, 3.8) is 0 Å². The van der Waals surface area contributed by atoms with E-state index in [9.17, 15) is 19.2 Å². The molecule has 0 unspecified atom stereocenters. The van der Waals surface area contributed by atoms with E-state index in [0.29, 0.717) is 69.7 Å². The van der Waals surface area contributed by atoms with Crippen LogP contribution in [0, 0.1) is 0 Å². The van der Waals surface area contributed by atoms with Gasteiger partial charge in [0.2, 0.25) is 11.8 Å². The molecule has 8 atom stereocenters. The van der Waals surface area contributed by atoms with E-state index in [-0.39, 0.29) is 58.8 Å². The number of alkyl carbamates (subject to hydrolysis) is 1. The van der Waals surface area contributed by atoms with Gasteiger partial charge in [0, 0.05) is 32.8 Å². The number of halogens is 2. The summed E-state index contributed by atoms with van der Waals surface area (Å²) in [5, 5.41) is 11.1. The maximum Gasteiger partial charge on any atom is 0.408 e. The van der Waals surface area contributed by atoms with Crippen LogP contribution in [0.15, 0.2) is 54.6 Å². The second kappa shape index (κ2) is 39.0. The second-order valence-electron chi connectivity index (χ2n) is 20.0. The molecule has 1 aliphatic heterocycles. The minimum atomic E-state index is -3.70. The van der Waals surface area contributed by atoms with Crippen LogP contribution >= 0.6 is 0 Å². The first kappa shape index (κ1) is 67.8. The van der Waals surface area contributed by atoms with Crippen molar-refractivity contribution in [3.8, 4) is 5.75 Å². The lowest BCUT2D eigenvalue weighted by atomic mass is 9.87. The number of hydrogen-bond acceptors (Lipinski definition) is 14. The number of carbonyl (C=O) groups excluding carboxylic acids is 4. The average Bonchev–Trinajstić information content (AvgIpc) is 3.62. The maximum atomic E-state index is 17.7. The van der Waals surface area contributed by atoms with E-state index in [4.69, 9.17) is 42.6 Å². The number of rotatable bonds is 43. The van der Waals surface area contributed by atoms with Crippen LogP contribution in [-0.2, 0) is 65.3 Å². The van der Waals surface area contributed by atoms with Gasteiger partial charge in [-0.15, -0.1) is 0 Å². The standard InChI is InChI=1S/C59H96F2N4O13/c1-9-15-34-71-42-50-51(72-35-16-10-2)52(73-36-17-11-3)53(74-37-18-12-4)59(78-50,77-39-20-14-6)58(60,61)43-62-33-25-24-28-48(65-57(69)76-41-46-26-22-21-23-27-46)54(66)64-49(40-45-29-31-47(70-8)32-30-45)55(67)63-44(7)56(68)75-38-19-13-5/h21-23,26-27,29-32,44,48-53,62H,9-20,24-25,28,33-43H2,1-8H3,(H,63,67)(H,64,66)(H,65,69)/t44-,48-,49-,50+,51-,52-,53+,59+/m0/s1. The molecule has 1 heterocycles. The Bertz CT molecular complexity index is 1940. The van der Waals surface area contributed by atoms with Crippen molar-refractivity contribution in [2.75, 3.05) is 66.4 Å². The molecule has 2 aromatic carbocycles. The highest BCUT2D eigenvalue weighted by molar-refractivity contribution is 5.93. The maximum absolute atomic E-state index is 17.7. The molecule has 1 fully saturated rings. The van der Waals surface area contributed by atoms with Crippen LogP contribution in [0.4, 0.5) is 13.6 Å². The van der Waals surface area contributed by atoms with Gasteiger partial charge < -0.3 is 63.9 Å². The van der Waals surface area contributed by atoms with E-state index in [1.165, 1.54) is 14.0 Å². The Morgan fingerprint density at radius 1 is 0.641 bits per heavy atom. The molecule has 3 amide bonds. The van der Waals surface area contributed by atoms with Crippen molar-refractivity contribution in [2.45, 2.75) is 212 Å². The first-order valence-electron chi connectivity index (χ1n) is 28.9. The van der Waals surface area contributed by atoms with Crippen molar-refractivity contribution >= 4 is 23.9 Å². The Balaban J connectivity index is 1.91. The van der Waals surface area contributed by atoms with Crippen molar-refractivity contribution in [2.24, 2.45) is 0 Å². The topological polar surface area (TPSA) is 199 Å². The molecule has 78 heavy (non-hydrogen) atoms. The van der Waals surface area contributed by atoms with Gasteiger partial charge in [-0.05, 0) is 94.5 Å². The van der Waals surface area contributed by atoms with Crippen molar-refractivity contribution < 1.29 is 70.6 Å². The highest BCUT2D eigenvalue weighted by atomic mass is 19.3. The molecule has 0 saturated carbocycles. The number of alkyl halides is 2. The fraction of sp³-hybridized carbons (Fsp3) is 0.729. The quantitative estimate of drug-likeness (QED) is 0.0362. The molecule has 0 radical (unpaired) electrons. The molecule has 4 N–H and O–H groups in total. The number of ether oxygens (including phenoxy) is 9. The third kappa shape index (κ3) is 23.7. The number of methoxy groups -OCH3 is 1. The van der Waals surface area contributed by atoms with Crippen LogP contribution in [0.3, 0.4) is 0 Å².